The third-order valence-electron chi connectivity index (χ3n) is 12.6. The van der Waals surface area contributed by atoms with Crippen molar-refractivity contribution in [2.45, 2.75) is 19.3 Å². The van der Waals surface area contributed by atoms with Gasteiger partial charge in [0.25, 0.3) is 0 Å². The second-order valence-corrected chi connectivity index (χ2v) is 17.0. The Kier molecular flexibility index (Phi) is 6.66. The number of rotatable bonds is 3. The van der Waals surface area contributed by atoms with Crippen molar-refractivity contribution < 1.29 is 0 Å². The summed E-state index contributed by atoms with van der Waals surface area (Å²) >= 11 is 1.96. The largest absolute Gasteiger partial charge is 0.135 e. The van der Waals surface area contributed by atoms with Crippen LogP contribution in [0.1, 0.15) is 25.0 Å². The standard InChI is InChI=1S/C55H36S/c1-55(2)47-29-28-37(32-46(47)51-43-20-10-11-21-44(43)52-45-22-12-13-23-48(45)56-54(52)53(51)55)35-24-25-36-31-38(27-26-34(36)30-35)50-41-18-8-6-16-39(41)49(33-14-4-3-5-15-33)40-17-7-9-19-42(40)50/h3-32H,1-2H3. The maximum absolute atomic E-state index is 2.47. The van der Waals surface area contributed by atoms with Crippen LogP contribution in [0, 0.1) is 0 Å². The normalized spacial score (nSPS) is 13.3. The molecule has 1 aromatic heterocycles. The highest BCUT2D eigenvalue weighted by atomic mass is 32.1. The fourth-order valence-electron chi connectivity index (χ4n) is 10.1. The van der Waals surface area contributed by atoms with E-state index in [2.05, 4.69) is 196 Å². The Morgan fingerprint density at radius 1 is 0.375 bits per heavy atom. The molecular weight excluding hydrogens is 693 g/mol. The fraction of sp³-hybridized carbons (Fsp3) is 0.0545. The van der Waals surface area contributed by atoms with Gasteiger partial charge in [0.2, 0.25) is 0 Å². The smallest absolute Gasteiger partial charge is 0.0408 e. The lowest BCUT2D eigenvalue weighted by atomic mass is 9.81. The van der Waals surface area contributed by atoms with Crippen LogP contribution in [-0.4, -0.2) is 0 Å². The van der Waals surface area contributed by atoms with Crippen LogP contribution in [0.2, 0.25) is 0 Å². The van der Waals surface area contributed by atoms with E-state index in [1.165, 1.54) is 119 Å². The third kappa shape index (κ3) is 4.41. The van der Waals surface area contributed by atoms with Crippen LogP contribution in [-0.2, 0) is 5.41 Å². The molecular formula is C55H36S. The second-order valence-electron chi connectivity index (χ2n) is 16.0. The molecule has 0 fully saturated rings. The SMILES string of the molecule is CC1(C)c2ccc(-c3ccc4cc(-c5c6ccccc6c(-c6ccccc6)c6ccccc56)ccc4c3)cc2-c2c1c1sc3ccccc3c1c1ccccc21. The van der Waals surface area contributed by atoms with Gasteiger partial charge in [-0.1, -0.05) is 172 Å². The van der Waals surface area contributed by atoms with E-state index in [1.807, 2.05) is 11.3 Å². The first kappa shape index (κ1) is 31.8. The van der Waals surface area contributed by atoms with Gasteiger partial charge in [0.05, 0.1) is 0 Å². The fourth-order valence-corrected chi connectivity index (χ4v) is 11.5. The lowest BCUT2D eigenvalue weighted by Crippen LogP contribution is -2.15. The van der Waals surface area contributed by atoms with E-state index in [4.69, 9.17) is 0 Å². The van der Waals surface area contributed by atoms with Gasteiger partial charge in [0.1, 0.15) is 0 Å². The van der Waals surface area contributed by atoms with E-state index in [0.29, 0.717) is 0 Å². The molecule has 56 heavy (non-hydrogen) atoms. The molecule has 0 aliphatic heterocycles. The molecule has 12 rings (SSSR count). The maximum atomic E-state index is 2.47. The predicted octanol–water partition coefficient (Wildman–Crippen LogP) is 16.0. The maximum Gasteiger partial charge on any atom is 0.0408 e. The summed E-state index contributed by atoms with van der Waals surface area (Å²) in [6.45, 7) is 4.84. The summed E-state index contributed by atoms with van der Waals surface area (Å²) in [6, 6.07) is 67.9. The molecule has 1 heterocycles. The van der Waals surface area contributed by atoms with Crippen molar-refractivity contribution in [1.29, 1.82) is 0 Å². The first-order chi connectivity index (χ1) is 27.5. The second kappa shape index (κ2) is 11.7. The molecule has 1 heteroatoms. The predicted molar refractivity (Wildman–Crippen MR) is 243 cm³/mol. The summed E-state index contributed by atoms with van der Waals surface area (Å²) in [7, 11) is 0. The molecule has 0 radical (unpaired) electrons. The Morgan fingerprint density at radius 3 is 1.52 bits per heavy atom. The van der Waals surface area contributed by atoms with Gasteiger partial charge in [-0.25, -0.2) is 0 Å². The topological polar surface area (TPSA) is 0 Å². The summed E-state index contributed by atoms with van der Waals surface area (Å²) in [6.07, 6.45) is 0. The van der Waals surface area contributed by atoms with Gasteiger partial charge in [-0.05, 0) is 123 Å². The summed E-state index contributed by atoms with van der Waals surface area (Å²) in [5, 5.41) is 13.1. The summed E-state index contributed by atoms with van der Waals surface area (Å²) in [4.78, 5) is 0. The number of fused-ring (bicyclic) bond motifs is 13. The number of benzene rings is 10. The van der Waals surface area contributed by atoms with Crippen molar-refractivity contribution in [3.63, 3.8) is 0 Å². The molecule has 10 aromatic carbocycles. The van der Waals surface area contributed by atoms with Gasteiger partial charge < -0.3 is 0 Å². The lowest BCUT2D eigenvalue weighted by molar-refractivity contribution is 0.667. The minimum Gasteiger partial charge on any atom is -0.135 e. The number of hydrogen-bond acceptors (Lipinski definition) is 1. The molecule has 0 unspecified atom stereocenters. The molecule has 0 saturated carbocycles. The first-order valence-corrected chi connectivity index (χ1v) is 20.4. The highest BCUT2D eigenvalue weighted by Gasteiger charge is 2.39. The van der Waals surface area contributed by atoms with Crippen LogP contribution >= 0.6 is 11.3 Å². The van der Waals surface area contributed by atoms with Crippen molar-refractivity contribution in [2.24, 2.45) is 0 Å². The van der Waals surface area contributed by atoms with Crippen LogP contribution in [0.15, 0.2) is 182 Å². The van der Waals surface area contributed by atoms with Crippen molar-refractivity contribution in [2.75, 3.05) is 0 Å². The van der Waals surface area contributed by atoms with E-state index < -0.39 is 0 Å². The zero-order valence-electron chi connectivity index (χ0n) is 31.2. The Bertz CT molecular complexity index is 3380. The van der Waals surface area contributed by atoms with Gasteiger partial charge in [-0.15, -0.1) is 11.3 Å². The highest BCUT2D eigenvalue weighted by Crippen LogP contribution is 2.57. The van der Waals surface area contributed by atoms with Crippen LogP contribution in [0.4, 0.5) is 0 Å². The molecule has 0 saturated heterocycles. The number of thiophene rings is 1. The van der Waals surface area contributed by atoms with Gasteiger partial charge in [-0.2, -0.15) is 0 Å². The number of hydrogen-bond donors (Lipinski definition) is 0. The van der Waals surface area contributed by atoms with Crippen LogP contribution in [0.3, 0.4) is 0 Å². The average molecular weight is 729 g/mol. The molecule has 0 nitrogen and oxygen atoms in total. The molecule has 1 aliphatic rings. The van der Waals surface area contributed by atoms with Crippen molar-refractivity contribution in [1.82, 2.24) is 0 Å². The van der Waals surface area contributed by atoms with E-state index >= 15 is 0 Å². The Hall–Kier alpha value is -6.54. The van der Waals surface area contributed by atoms with Gasteiger partial charge in [0, 0.05) is 25.6 Å². The summed E-state index contributed by atoms with van der Waals surface area (Å²) in [5.74, 6) is 0. The summed E-state index contributed by atoms with van der Waals surface area (Å²) < 4.78 is 2.79. The first-order valence-electron chi connectivity index (χ1n) is 19.6. The third-order valence-corrected chi connectivity index (χ3v) is 13.8. The van der Waals surface area contributed by atoms with Crippen molar-refractivity contribution in [3.8, 4) is 44.5 Å². The van der Waals surface area contributed by atoms with Gasteiger partial charge in [-0.3, -0.25) is 0 Å². The Labute approximate surface area is 329 Å². The van der Waals surface area contributed by atoms with E-state index in [9.17, 15) is 0 Å². The zero-order chi connectivity index (χ0) is 37.1. The van der Waals surface area contributed by atoms with Crippen molar-refractivity contribution in [3.05, 3.63) is 193 Å². The van der Waals surface area contributed by atoms with Crippen LogP contribution in [0.5, 0.6) is 0 Å². The average Bonchev–Trinajstić information content (AvgIpc) is 3.75. The lowest BCUT2D eigenvalue weighted by Gasteiger charge is -2.23. The Balaban J connectivity index is 1.01. The molecule has 0 bridgehead atoms. The Morgan fingerprint density at radius 2 is 0.857 bits per heavy atom. The zero-order valence-corrected chi connectivity index (χ0v) is 32.0. The molecule has 0 N–H and O–H groups in total. The van der Waals surface area contributed by atoms with Crippen LogP contribution in [0.25, 0.3) is 108 Å². The quantitative estimate of drug-likeness (QED) is 0.159. The molecule has 0 atom stereocenters. The van der Waals surface area contributed by atoms with E-state index in [0.717, 1.165) is 0 Å². The van der Waals surface area contributed by atoms with Crippen molar-refractivity contribution >= 4 is 74.6 Å². The van der Waals surface area contributed by atoms with Crippen LogP contribution < -0.4 is 0 Å². The molecule has 262 valence electrons. The van der Waals surface area contributed by atoms with Gasteiger partial charge >= 0.3 is 0 Å². The highest BCUT2D eigenvalue weighted by molar-refractivity contribution is 7.26. The minimum absolute atomic E-state index is 0.111. The molecule has 11 aromatic rings. The van der Waals surface area contributed by atoms with Gasteiger partial charge in [0.15, 0.2) is 0 Å². The van der Waals surface area contributed by atoms with E-state index in [-0.39, 0.29) is 5.41 Å². The monoisotopic (exact) mass is 728 g/mol. The summed E-state index contributed by atoms with van der Waals surface area (Å²) in [5.41, 5.74) is 13.1. The van der Waals surface area contributed by atoms with E-state index in [1.54, 1.807) is 0 Å². The molecule has 0 amide bonds. The molecule has 1 aliphatic carbocycles. The molecule has 0 spiro atoms. The minimum atomic E-state index is -0.111.